The standard InChI is InChI=1S/C13H19ClN2O2S/c1-8-7-10(14)5-6-11(8)16-13(19)15-9(2)12(17-3)18-4/h5-7,9,12H,1-4H3,(H2,15,16,19). The molecule has 1 atom stereocenters. The lowest BCUT2D eigenvalue weighted by molar-refractivity contribution is -0.116. The summed E-state index contributed by atoms with van der Waals surface area (Å²) in [6.45, 7) is 3.90. The molecule has 2 N–H and O–H groups in total. The Bertz CT molecular complexity index is 439. The molecule has 0 aliphatic rings. The second kappa shape index (κ2) is 7.65. The van der Waals surface area contributed by atoms with Gasteiger partial charge in [-0.15, -0.1) is 0 Å². The minimum atomic E-state index is -0.355. The van der Waals surface area contributed by atoms with Gasteiger partial charge in [-0.05, 0) is 49.8 Å². The van der Waals surface area contributed by atoms with Crippen LogP contribution in [0.1, 0.15) is 12.5 Å². The molecular weight excluding hydrogens is 284 g/mol. The largest absolute Gasteiger partial charge is 0.355 e. The Balaban J connectivity index is 2.60. The molecule has 0 saturated heterocycles. The van der Waals surface area contributed by atoms with E-state index in [0.29, 0.717) is 10.1 Å². The van der Waals surface area contributed by atoms with Crippen molar-refractivity contribution in [3.63, 3.8) is 0 Å². The molecule has 6 heteroatoms. The van der Waals surface area contributed by atoms with Crippen LogP contribution < -0.4 is 10.6 Å². The highest BCUT2D eigenvalue weighted by Crippen LogP contribution is 2.19. The minimum Gasteiger partial charge on any atom is -0.355 e. The summed E-state index contributed by atoms with van der Waals surface area (Å²) in [5, 5.41) is 7.45. The zero-order chi connectivity index (χ0) is 14.4. The predicted octanol–water partition coefficient (Wildman–Crippen LogP) is 2.94. The van der Waals surface area contributed by atoms with Gasteiger partial charge in [-0.2, -0.15) is 0 Å². The van der Waals surface area contributed by atoms with Crippen molar-refractivity contribution in [2.75, 3.05) is 19.5 Å². The van der Waals surface area contributed by atoms with Crippen LogP contribution in [0.25, 0.3) is 0 Å². The first-order chi connectivity index (χ1) is 8.97. The molecule has 0 fully saturated rings. The summed E-state index contributed by atoms with van der Waals surface area (Å²) < 4.78 is 10.3. The van der Waals surface area contributed by atoms with E-state index in [1.807, 2.05) is 32.0 Å². The topological polar surface area (TPSA) is 42.5 Å². The quantitative estimate of drug-likeness (QED) is 0.646. The van der Waals surface area contributed by atoms with E-state index in [1.165, 1.54) is 0 Å². The van der Waals surface area contributed by atoms with Gasteiger partial charge in [0.2, 0.25) is 0 Å². The van der Waals surface area contributed by atoms with E-state index in [1.54, 1.807) is 14.2 Å². The van der Waals surface area contributed by atoms with Crippen LogP contribution in [0.4, 0.5) is 5.69 Å². The molecule has 0 aliphatic heterocycles. The average molecular weight is 303 g/mol. The number of methoxy groups -OCH3 is 2. The highest BCUT2D eigenvalue weighted by atomic mass is 35.5. The van der Waals surface area contributed by atoms with Crippen molar-refractivity contribution in [2.45, 2.75) is 26.2 Å². The molecule has 0 aliphatic carbocycles. The molecule has 0 heterocycles. The van der Waals surface area contributed by atoms with Crippen molar-refractivity contribution in [3.05, 3.63) is 28.8 Å². The van der Waals surface area contributed by atoms with Crippen LogP contribution in [-0.4, -0.2) is 31.7 Å². The van der Waals surface area contributed by atoms with Crippen molar-refractivity contribution in [1.82, 2.24) is 5.32 Å². The van der Waals surface area contributed by atoms with E-state index in [2.05, 4.69) is 10.6 Å². The molecule has 1 unspecified atom stereocenters. The van der Waals surface area contributed by atoms with E-state index in [0.717, 1.165) is 11.3 Å². The maximum Gasteiger partial charge on any atom is 0.176 e. The third-order valence-corrected chi connectivity index (χ3v) is 3.12. The Morgan fingerprint density at radius 2 is 1.95 bits per heavy atom. The van der Waals surface area contributed by atoms with Gasteiger partial charge >= 0.3 is 0 Å². The molecule has 0 radical (unpaired) electrons. The minimum absolute atomic E-state index is 0.0670. The number of hydrogen-bond donors (Lipinski definition) is 2. The van der Waals surface area contributed by atoms with Crippen LogP contribution in [0.2, 0.25) is 5.02 Å². The van der Waals surface area contributed by atoms with Crippen molar-refractivity contribution < 1.29 is 9.47 Å². The van der Waals surface area contributed by atoms with Crippen LogP contribution >= 0.6 is 23.8 Å². The van der Waals surface area contributed by atoms with Gasteiger partial charge in [0.15, 0.2) is 11.4 Å². The SMILES string of the molecule is COC(OC)C(C)NC(=S)Nc1ccc(Cl)cc1C. The lowest BCUT2D eigenvalue weighted by Gasteiger charge is -2.24. The Labute approximate surface area is 124 Å². The van der Waals surface area contributed by atoms with Gasteiger partial charge in [-0.1, -0.05) is 11.6 Å². The Kier molecular flexibility index (Phi) is 6.51. The van der Waals surface area contributed by atoms with Crippen LogP contribution in [-0.2, 0) is 9.47 Å². The molecule has 106 valence electrons. The summed E-state index contributed by atoms with van der Waals surface area (Å²) in [5.41, 5.74) is 1.94. The number of anilines is 1. The van der Waals surface area contributed by atoms with Crippen molar-refractivity contribution >= 4 is 34.6 Å². The summed E-state index contributed by atoms with van der Waals surface area (Å²) in [5.74, 6) is 0. The van der Waals surface area contributed by atoms with E-state index < -0.39 is 0 Å². The molecule has 0 bridgehead atoms. The van der Waals surface area contributed by atoms with Gasteiger partial charge in [-0.25, -0.2) is 0 Å². The molecular formula is C13H19ClN2O2S. The summed E-state index contributed by atoms with van der Waals surface area (Å²) in [4.78, 5) is 0. The monoisotopic (exact) mass is 302 g/mol. The number of rotatable bonds is 5. The molecule has 19 heavy (non-hydrogen) atoms. The summed E-state index contributed by atoms with van der Waals surface area (Å²) in [6.07, 6.45) is -0.355. The first kappa shape index (κ1) is 16.2. The predicted molar refractivity (Wildman–Crippen MR) is 82.8 cm³/mol. The zero-order valence-electron chi connectivity index (χ0n) is 11.5. The third-order valence-electron chi connectivity index (χ3n) is 2.67. The van der Waals surface area contributed by atoms with Gasteiger partial charge in [0, 0.05) is 24.9 Å². The van der Waals surface area contributed by atoms with E-state index in [9.17, 15) is 0 Å². The first-order valence-electron chi connectivity index (χ1n) is 5.87. The summed E-state index contributed by atoms with van der Waals surface area (Å²) >= 11 is 11.2. The van der Waals surface area contributed by atoms with E-state index >= 15 is 0 Å². The second-order valence-electron chi connectivity index (χ2n) is 4.19. The highest BCUT2D eigenvalue weighted by molar-refractivity contribution is 7.80. The lowest BCUT2D eigenvalue weighted by atomic mass is 10.2. The number of nitrogens with one attached hydrogen (secondary N) is 2. The molecule has 1 aromatic rings. The van der Waals surface area contributed by atoms with E-state index in [-0.39, 0.29) is 12.3 Å². The highest BCUT2D eigenvalue weighted by Gasteiger charge is 2.16. The number of hydrogen-bond acceptors (Lipinski definition) is 3. The number of aryl methyl sites for hydroxylation is 1. The van der Waals surface area contributed by atoms with Crippen LogP contribution in [0.15, 0.2) is 18.2 Å². The van der Waals surface area contributed by atoms with Gasteiger partial charge in [0.05, 0.1) is 6.04 Å². The first-order valence-corrected chi connectivity index (χ1v) is 6.65. The van der Waals surface area contributed by atoms with Gasteiger partial charge < -0.3 is 20.1 Å². The number of ether oxygens (including phenoxy) is 2. The van der Waals surface area contributed by atoms with Crippen molar-refractivity contribution in [2.24, 2.45) is 0 Å². The average Bonchev–Trinajstić information content (AvgIpc) is 2.34. The van der Waals surface area contributed by atoms with Crippen LogP contribution in [0.3, 0.4) is 0 Å². The molecule has 0 amide bonds. The number of benzene rings is 1. The van der Waals surface area contributed by atoms with Gasteiger partial charge in [-0.3, -0.25) is 0 Å². The fraction of sp³-hybridized carbons (Fsp3) is 0.462. The molecule has 4 nitrogen and oxygen atoms in total. The maximum absolute atomic E-state index is 5.91. The fourth-order valence-electron chi connectivity index (χ4n) is 1.71. The number of thiocarbonyl (C=S) groups is 1. The lowest BCUT2D eigenvalue weighted by Crippen LogP contribution is -2.44. The third kappa shape index (κ3) is 4.95. The second-order valence-corrected chi connectivity index (χ2v) is 5.03. The molecule has 0 aromatic heterocycles. The van der Waals surface area contributed by atoms with Crippen LogP contribution in [0.5, 0.6) is 0 Å². The smallest absolute Gasteiger partial charge is 0.176 e. The molecule has 1 aromatic carbocycles. The summed E-state index contributed by atoms with van der Waals surface area (Å²) in [6, 6.07) is 5.52. The van der Waals surface area contributed by atoms with Crippen molar-refractivity contribution in [3.8, 4) is 0 Å². The van der Waals surface area contributed by atoms with Gasteiger partial charge in [0.25, 0.3) is 0 Å². The van der Waals surface area contributed by atoms with Crippen LogP contribution in [0, 0.1) is 6.92 Å². The van der Waals surface area contributed by atoms with Crippen molar-refractivity contribution in [1.29, 1.82) is 0 Å². The molecule has 1 rings (SSSR count). The Morgan fingerprint density at radius 1 is 1.32 bits per heavy atom. The van der Waals surface area contributed by atoms with Gasteiger partial charge in [0.1, 0.15) is 0 Å². The Morgan fingerprint density at radius 3 is 2.47 bits per heavy atom. The zero-order valence-corrected chi connectivity index (χ0v) is 13.1. The summed E-state index contributed by atoms with van der Waals surface area (Å²) in [7, 11) is 3.18. The number of halogens is 1. The van der Waals surface area contributed by atoms with E-state index in [4.69, 9.17) is 33.3 Å². The Hall–Kier alpha value is -0.880. The molecule has 0 saturated carbocycles. The molecule has 0 spiro atoms. The normalized spacial score (nSPS) is 12.3. The maximum atomic E-state index is 5.91. The fourth-order valence-corrected chi connectivity index (χ4v) is 2.23.